The topological polar surface area (TPSA) is 3.24 Å². The van der Waals surface area contributed by atoms with Crippen LogP contribution in [0.2, 0.25) is 0 Å². The normalized spacial score (nSPS) is 21.6. The summed E-state index contributed by atoms with van der Waals surface area (Å²) in [4.78, 5) is 2.28. The van der Waals surface area contributed by atoms with Crippen molar-refractivity contribution in [1.82, 2.24) is 0 Å². The predicted molar refractivity (Wildman–Crippen MR) is 57.5 cm³/mol. The average Bonchev–Trinajstić information content (AvgIpc) is 2.66. The van der Waals surface area contributed by atoms with E-state index in [0.29, 0.717) is 0 Å². The molecule has 76 valence electrons. The fraction of sp³-hybridized carbons (Fsp3) is 0.500. The Morgan fingerprint density at radius 2 is 2.36 bits per heavy atom. The second-order valence-electron chi connectivity index (χ2n) is 4.09. The van der Waals surface area contributed by atoms with Crippen LogP contribution in [0.25, 0.3) is 0 Å². The number of nitrogens with zero attached hydrogens (tertiary/aromatic N) is 1. The third-order valence-corrected chi connectivity index (χ3v) is 2.87. The van der Waals surface area contributed by atoms with Gasteiger partial charge in [0.05, 0.1) is 6.67 Å². The first kappa shape index (κ1) is 9.50. The van der Waals surface area contributed by atoms with Gasteiger partial charge in [0.25, 0.3) is 0 Å². The van der Waals surface area contributed by atoms with Crippen molar-refractivity contribution in [2.75, 3.05) is 24.7 Å². The predicted octanol–water partition coefficient (Wildman–Crippen LogP) is 2.79. The lowest BCUT2D eigenvalue weighted by Gasteiger charge is -2.18. The van der Waals surface area contributed by atoms with E-state index < -0.39 is 0 Å². The van der Waals surface area contributed by atoms with Crippen LogP contribution in [0, 0.1) is 12.8 Å². The summed E-state index contributed by atoms with van der Waals surface area (Å²) in [5, 5.41) is 0. The molecule has 0 N–H and O–H groups in total. The standard InChI is InChI=1S/C12H16FN/c1-10-3-2-4-12(7-10)14-6-5-11(8-13)9-14/h2-4,7,11H,5-6,8-9H2,1H3. The maximum atomic E-state index is 12.4. The van der Waals surface area contributed by atoms with E-state index in [4.69, 9.17) is 0 Å². The van der Waals surface area contributed by atoms with Crippen molar-refractivity contribution in [2.45, 2.75) is 13.3 Å². The molecule has 0 aromatic heterocycles. The molecular formula is C12H16FN. The molecule has 0 spiro atoms. The quantitative estimate of drug-likeness (QED) is 0.698. The first-order chi connectivity index (χ1) is 6.79. The maximum absolute atomic E-state index is 12.4. The first-order valence-electron chi connectivity index (χ1n) is 5.17. The Kier molecular flexibility index (Phi) is 2.71. The lowest BCUT2D eigenvalue weighted by Crippen LogP contribution is -2.19. The smallest absolute Gasteiger partial charge is 0.0940 e. The van der Waals surface area contributed by atoms with E-state index in [0.717, 1.165) is 19.5 Å². The highest BCUT2D eigenvalue weighted by molar-refractivity contribution is 5.49. The molecule has 2 rings (SSSR count). The molecule has 14 heavy (non-hydrogen) atoms. The van der Waals surface area contributed by atoms with Gasteiger partial charge in [0, 0.05) is 24.7 Å². The van der Waals surface area contributed by atoms with Crippen LogP contribution in [0.15, 0.2) is 24.3 Å². The molecule has 1 fully saturated rings. The van der Waals surface area contributed by atoms with Crippen molar-refractivity contribution < 1.29 is 4.39 Å². The zero-order chi connectivity index (χ0) is 9.97. The molecule has 1 aromatic carbocycles. The summed E-state index contributed by atoms with van der Waals surface area (Å²) < 4.78 is 12.4. The third kappa shape index (κ3) is 1.89. The highest BCUT2D eigenvalue weighted by atomic mass is 19.1. The molecule has 1 aliphatic rings. The number of benzene rings is 1. The highest BCUT2D eigenvalue weighted by Crippen LogP contribution is 2.24. The van der Waals surface area contributed by atoms with Gasteiger partial charge in [-0.1, -0.05) is 12.1 Å². The van der Waals surface area contributed by atoms with Crippen molar-refractivity contribution >= 4 is 5.69 Å². The Morgan fingerprint density at radius 3 is 3.00 bits per heavy atom. The molecule has 1 heterocycles. The molecular weight excluding hydrogens is 177 g/mol. The Balaban J connectivity index is 2.09. The number of anilines is 1. The van der Waals surface area contributed by atoms with Gasteiger partial charge in [-0.2, -0.15) is 0 Å². The van der Waals surface area contributed by atoms with E-state index >= 15 is 0 Å². The maximum Gasteiger partial charge on any atom is 0.0940 e. The summed E-state index contributed by atoms with van der Waals surface area (Å²) in [5.74, 6) is 0.246. The van der Waals surface area contributed by atoms with E-state index in [1.165, 1.54) is 11.3 Å². The minimum Gasteiger partial charge on any atom is -0.371 e. The summed E-state index contributed by atoms with van der Waals surface area (Å²) in [6.07, 6.45) is 0.991. The van der Waals surface area contributed by atoms with Crippen molar-refractivity contribution in [3.63, 3.8) is 0 Å². The molecule has 1 atom stereocenters. The summed E-state index contributed by atoms with van der Waals surface area (Å²) >= 11 is 0. The molecule has 1 aliphatic heterocycles. The van der Waals surface area contributed by atoms with Crippen molar-refractivity contribution in [3.05, 3.63) is 29.8 Å². The van der Waals surface area contributed by atoms with Gasteiger partial charge in [0.1, 0.15) is 0 Å². The molecule has 0 aliphatic carbocycles. The van der Waals surface area contributed by atoms with Crippen molar-refractivity contribution in [3.8, 4) is 0 Å². The lowest BCUT2D eigenvalue weighted by molar-refractivity contribution is 0.385. The average molecular weight is 193 g/mol. The molecule has 0 bridgehead atoms. The number of hydrogen-bond acceptors (Lipinski definition) is 1. The Labute approximate surface area is 84.5 Å². The van der Waals surface area contributed by atoms with Crippen LogP contribution in [0.3, 0.4) is 0 Å². The molecule has 1 saturated heterocycles. The second-order valence-corrected chi connectivity index (χ2v) is 4.09. The number of aryl methyl sites for hydroxylation is 1. The van der Waals surface area contributed by atoms with E-state index in [-0.39, 0.29) is 12.6 Å². The lowest BCUT2D eigenvalue weighted by atomic mass is 10.1. The van der Waals surface area contributed by atoms with Gasteiger partial charge >= 0.3 is 0 Å². The van der Waals surface area contributed by atoms with Crippen LogP contribution in [0.4, 0.5) is 10.1 Å². The van der Waals surface area contributed by atoms with Gasteiger partial charge in [0.2, 0.25) is 0 Å². The fourth-order valence-corrected chi connectivity index (χ4v) is 2.02. The Morgan fingerprint density at radius 1 is 1.50 bits per heavy atom. The van der Waals surface area contributed by atoms with Gasteiger partial charge in [-0.3, -0.25) is 4.39 Å². The number of rotatable bonds is 2. The van der Waals surface area contributed by atoms with E-state index in [1.54, 1.807) is 0 Å². The SMILES string of the molecule is Cc1cccc(N2CCC(CF)C2)c1. The van der Waals surface area contributed by atoms with Crippen LogP contribution in [0.5, 0.6) is 0 Å². The van der Waals surface area contributed by atoms with Crippen molar-refractivity contribution in [2.24, 2.45) is 5.92 Å². The number of hydrogen-bond donors (Lipinski definition) is 0. The minimum absolute atomic E-state index is 0.178. The number of halogens is 1. The van der Waals surface area contributed by atoms with Crippen LogP contribution < -0.4 is 4.90 Å². The summed E-state index contributed by atoms with van der Waals surface area (Å²) in [7, 11) is 0. The molecule has 1 nitrogen and oxygen atoms in total. The Bertz CT molecular complexity index is 311. The zero-order valence-corrected chi connectivity index (χ0v) is 8.54. The first-order valence-corrected chi connectivity index (χ1v) is 5.17. The fourth-order valence-electron chi connectivity index (χ4n) is 2.02. The van der Waals surface area contributed by atoms with Crippen LogP contribution in [-0.4, -0.2) is 19.8 Å². The Hall–Kier alpha value is -1.05. The second kappa shape index (κ2) is 3.99. The van der Waals surface area contributed by atoms with E-state index in [1.807, 2.05) is 0 Å². The van der Waals surface area contributed by atoms with Gasteiger partial charge < -0.3 is 4.90 Å². The third-order valence-electron chi connectivity index (χ3n) is 2.87. The van der Waals surface area contributed by atoms with Gasteiger partial charge in [-0.25, -0.2) is 0 Å². The molecule has 0 saturated carbocycles. The molecule has 0 amide bonds. The van der Waals surface area contributed by atoms with Gasteiger partial charge in [0.15, 0.2) is 0 Å². The summed E-state index contributed by atoms with van der Waals surface area (Å²) in [6, 6.07) is 8.42. The molecule has 2 heteroatoms. The monoisotopic (exact) mass is 193 g/mol. The van der Waals surface area contributed by atoms with Crippen LogP contribution >= 0.6 is 0 Å². The minimum atomic E-state index is -0.178. The van der Waals surface area contributed by atoms with Crippen molar-refractivity contribution in [1.29, 1.82) is 0 Å². The highest BCUT2D eigenvalue weighted by Gasteiger charge is 2.22. The van der Waals surface area contributed by atoms with Crippen LogP contribution in [-0.2, 0) is 0 Å². The molecule has 0 radical (unpaired) electrons. The largest absolute Gasteiger partial charge is 0.371 e. The zero-order valence-electron chi connectivity index (χ0n) is 8.54. The van der Waals surface area contributed by atoms with Gasteiger partial charge in [-0.15, -0.1) is 0 Å². The molecule has 1 unspecified atom stereocenters. The van der Waals surface area contributed by atoms with E-state index in [2.05, 4.69) is 36.1 Å². The molecule has 1 aromatic rings. The van der Waals surface area contributed by atoms with Crippen LogP contribution in [0.1, 0.15) is 12.0 Å². The summed E-state index contributed by atoms with van der Waals surface area (Å²) in [5.41, 5.74) is 2.51. The summed E-state index contributed by atoms with van der Waals surface area (Å²) in [6.45, 7) is 3.78. The van der Waals surface area contributed by atoms with E-state index in [9.17, 15) is 4.39 Å². The van der Waals surface area contributed by atoms with Gasteiger partial charge in [-0.05, 0) is 31.0 Å². The number of alkyl halides is 1.